The molecule has 2 aromatic heterocycles. The Balaban J connectivity index is 2.03. The van der Waals surface area contributed by atoms with E-state index in [9.17, 15) is 0 Å². The molecule has 0 radical (unpaired) electrons. The van der Waals surface area contributed by atoms with E-state index in [-0.39, 0.29) is 6.04 Å². The van der Waals surface area contributed by atoms with Crippen molar-refractivity contribution < 1.29 is 4.74 Å². The second-order valence-corrected chi connectivity index (χ2v) is 5.72. The molecule has 0 bridgehead atoms. The summed E-state index contributed by atoms with van der Waals surface area (Å²) in [7, 11) is 3.63. The van der Waals surface area contributed by atoms with E-state index in [0.29, 0.717) is 5.95 Å². The van der Waals surface area contributed by atoms with Crippen molar-refractivity contribution in [2.45, 2.75) is 19.9 Å². The molecular formula is C18H21N5O. The fraction of sp³-hybridized carbons (Fsp3) is 0.278. The number of nitrogens with zero attached hydrogens (tertiary/aromatic N) is 4. The van der Waals surface area contributed by atoms with Gasteiger partial charge in [-0.25, -0.2) is 15.0 Å². The number of methoxy groups -OCH3 is 1. The van der Waals surface area contributed by atoms with Gasteiger partial charge in [0.15, 0.2) is 0 Å². The normalized spacial score (nSPS) is 12.0. The monoisotopic (exact) mass is 323 g/mol. The molecule has 124 valence electrons. The van der Waals surface area contributed by atoms with E-state index in [2.05, 4.69) is 20.3 Å². The highest BCUT2D eigenvalue weighted by molar-refractivity contribution is 5.41. The molecule has 1 N–H and O–H groups in total. The van der Waals surface area contributed by atoms with Crippen molar-refractivity contribution in [3.05, 3.63) is 65.5 Å². The van der Waals surface area contributed by atoms with Gasteiger partial charge in [-0.1, -0.05) is 12.1 Å². The molecule has 0 aliphatic carbocycles. The molecule has 0 aliphatic heterocycles. The molecule has 1 aromatic carbocycles. The highest BCUT2D eigenvalue weighted by Crippen LogP contribution is 2.27. The Morgan fingerprint density at radius 1 is 1.12 bits per heavy atom. The van der Waals surface area contributed by atoms with Crippen molar-refractivity contribution in [2.24, 2.45) is 7.05 Å². The van der Waals surface area contributed by atoms with E-state index in [1.807, 2.05) is 62.0 Å². The van der Waals surface area contributed by atoms with Gasteiger partial charge in [0, 0.05) is 30.8 Å². The number of imidazole rings is 1. The fourth-order valence-corrected chi connectivity index (χ4v) is 2.69. The van der Waals surface area contributed by atoms with Crippen LogP contribution in [-0.2, 0) is 7.05 Å². The number of hydrogen-bond acceptors (Lipinski definition) is 5. The van der Waals surface area contributed by atoms with Crippen LogP contribution < -0.4 is 10.1 Å². The Kier molecular flexibility index (Phi) is 4.46. The lowest BCUT2D eigenvalue weighted by Crippen LogP contribution is -2.18. The largest absolute Gasteiger partial charge is 0.497 e. The topological polar surface area (TPSA) is 64.9 Å². The first-order valence-electron chi connectivity index (χ1n) is 7.77. The molecule has 0 spiro atoms. The minimum absolute atomic E-state index is 0.179. The highest BCUT2D eigenvalue weighted by Gasteiger charge is 2.20. The van der Waals surface area contributed by atoms with Crippen LogP contribution >= 0.6 is 0 Å². The number of hydrogen-bond donors (Lipinski definition) is 1. The number of aryl methyl sites for hydroxylation is 3. The molecule has 6 nitrogen and oxygen atoms in total. The zero-order chi connectivity index (χ0) is 17.1. The number of nitrogens with one attached hydrogen (secondary N) is 1. The summed E-state index contributed by atoms with van der Waals surface area (Å²) in [6.45, 7) is 3.92. The first-order chi connectivity index (χ1) is 11.6. The quantitative estimate of drug-likeness (QED) is 0.782. The van der Waals surface area contributed by atoms with Gasteiger partial charge < -0.3 is 14.6 Å². The molecule has 2 heterocycles. The SMILES string of the molecule is COc1cccc([C@H](Nc2nc(C)cc(C)n2)c2nccn2C)c1. The van der Waals surface area contributed by atoms with Crippen molar-refractivity contribution in [3.63, 3.8) is 0 Å². The zero-order valence-corrected chi connectivity index (χ0v) is 14.3. The lowest BCUT2D eigenvalue weighted by Gasteiger charge is -2.20. The second-order valence-electron chi connectivity index (χ2n) is 5.72. The molecule has 3 rings (SSSR count). The summed E-state index contributed by atoms with van der Waals surface area (Å²) in [5.74, 6) is 2.27. The number of aromatic nitrogens is 4. The van der Waals surface area contributed by atoms with Gasteiger partial charge in [0.2, 0.25) is 5.95 Å². The van der Waals surface area contributed by atoms with Crippen LogP contribution in [0.3, 0.4) is 0 Å². The maximum atomic E-state index is 5.35. The fourth-order valence-electron chi connectivity index (χ4n) is 2.69. The predicted molar refractivity (Wildman–Crippen MR) is 93.2 cm³/mol. The molecule has 3 aromatic rings. The van der Waals surface area contributed by atoms with E-state index >= 15 is 0 Å². The second kappa shape index (κ2) is 6.70. The first kappa shape index (κ1) is 16.0. The average Bonchev–Trinajstić information content (AvgIpc) is 2.97. The summed E-state index contributed by atoms with van der Waals surface area (Å²) < 4.78 is 7.34. The van der Waals surface area contributed by atoms with E-state index in [1.54, 1.807) is 13.3 Å². The van der Waals surface area contributed by atoms with Crippen LogP contribution in [0.1, 0.15) is 28.8 Å². The lowest BCUT2D eigenvalue weighted by molar-refractivity contribution is 0.414. The van der Waals surface area contributed by atoms with Crippen LogP contribution in [0.5, 0.6) is 5.75 Å². The summed E-state index contributed by atoms with van der Waals surface area (Å²) in [6.07, 6.45) is 3.71. The third kappa shape index (κ3) is 3.37. The van der Waals surface area contributed by atoms with Crippen molar-refractivity contribution in [3.8, 4) is 5.75 Å². The predicted octanol–water partition coefficient (Wildman–Crippen LogP) is 3.04. The summed E-state index contributed by atoms with van der Waals surface area (Å²) in [4.78, 5) is 13.5. The molecule has 0 amide bonds. The number of anilines is 1. The lowest BCUT2D eigenvalue weighted by atomic mass is 10.1. The summed E-state index contributed by atoms with van der Waals surface area (Å²) in [5, 5.41) is 3.41. The van der Waals surface area contributed by atoms with Crippen LogP contribution in [0.25, 0.3) is 0 Å². The molecule has 1 atom stereocenters. The maximum absolute atomic E-state index is 5.35. The summed E-state index contributed by atoms with van der Waals surface area (Å²) in [6, 6.07) is 9.70. The third-order valence-electron chi connectivity index (χ3n) is 3.80. The summed E-state index contributed by atoms with van der Waals surface area (Å²) >= 11 is 0. The van der Waals surface area contributed by atoms with Gasteiger partial charge in [-0.3, -0.25) is 0 Å². The molecule has 24 heavy (non-hydrogen) atoms. The zero-order valence-electron chi connectivity index (χ0n) is 14.3. The minimum Gasteiger partial charge on any atom is -0.497 e. The molecule has 0 fully saturated rings. The molecule has 0 saturated heterocycles. The van der Waals surface area contributed by atoms with E-state index < -0.39 is 0 Å². The number of benzene rings is 1. The van der Waals surface area contributed by atoms with Gasteiger partial charge in [-0.2, -0.15) is 0 Å². The first-order valence-corrected chi connectivity index (χ1v) is 7.77. The average molecular weight is 323 g/mol. The Labute approximate surface area is 141 Å². The van der Waals surface area contributed by atoms with Crippen molar-refractivity contribution >= 4 is 5.95 Å². The Morgan fingerprint density at radius 3 is 2.50 bits per heavy atom. The van der Waals surface area contributed by atoms with E-state index in [4.69, 9.17) is 4.74 Å². The van der Waals surface area contributed by atoms with Gasteiger partial charge in [0.25, 0.3) is 0 Å². The molecular weight excluding hydrogens is 302 g/mol. The standard InChI is InChI=1S/C18H21N5O/c1-12-10-13(2)21-18(20-12)22-16(17-19-8-9-23(17)3)14-6-5-7-15(11-14)24-4/h5-11,16H,1-4H3,(H,20,21,22)/t16-/m0/s1. The number of ether oxygens (including phenoxy) is 1. The van der Waals surface area contributed by atoms with Gasteiger partial charge in [-0.15, -0.1) is 0 Å². The molecule has 0 saturated carbocycles. The Hall–Kier alpha value is -2.89. The maximum Gasteiger partial charge on any atom is 0.223 e. The van der Waals surface area contributed by atoms with Gasteiger partial charge in [0.1, 0.15) is 17.6 Å². The molecule has 0 unspecified atom stereocenters. The Bertz CT molecular complexity index is 823. The van der Waals surface area contributed by atoms with Crippen molar-refractivity contribution in [1.82, 2.24) is 19.5 Å². The van der Waals surface area contributed by atoms with Crippen LogP contribution in [0.15, 0.2) is 42.7 Å². The van der Waals surface area contributed by atoms with Gasteiger partial charge in [-0.05, 0) is 37.6 Å². The Morgan fingerprint density at radius 2 is 1.88 bits per heavy atom. The van der Waals surface area contributed by atoms with E-state index in [1.165, 1.54) is 0 Å². The third-order valence-corrected chi connectivity index (χ3v) is 3.80. The van der Waals surface area contributed by atoms with Crippen molar-refractivity contribution in [2.75, 3.05) is 12.4 Å². The van der Waals surface area contributed by atoms with Gasteiger partial charge in [0.05, 0.1) is 7.11 Å². The van der Waals surface area contributed by atoms with Crippen molar-refractivity contribution in [1.29, 1.82) is 0 Å². The van der Waals surface area contributed by atoms with Crippen LogP contribution in [-0.4, -0.2) is 26.6 Å². The molecule has 0 aliphatic rings. The van der Waals surface area contributed by atoms with Crippen LogP contribution in [0.4, 0.5) is 5.95 Å². The van der Waals surface area contributed by atoms with E-state index in [0.717, 1.165) is 28.5 Å². The molecule has 6 heteroatoms. The van der Waals surface area contributed by atoms with Crippen LogP contribution in [0, 0.1) is 13.8 Å². The number of rotatable bonds is 5. The smallest absolute Gasteiger partial charge is 0.223 e. The van der Waals surface area contributed by atoms with Crippen LogP contribution in [0.2, 0.25) is 0 Å². The highest BCUT2D eigenvalue weighted by atomic mass is 16.5. The minimum atomic E-state index is -0.179. The summed E-state index contributed by atoms with van der Waals surface area (Å²) in [5.41, 5.74) is 2.88. The van der Waals surface area contributed by atoms with Gasteiger partial charge >= 0.3 is 0 Å².